The summed E-state index contributed by atoms with van der Waals surface area (Å²) in [6, 6.07) is 40.1. The van der Waals surface area contributed by atoms with Crippen molar-refractivity contribution in [2.75, 3.05) is 0 Å². The Kier molecular flexibility index (Phi) is 6.89. The minimum absolute atomic E-state index is 0.0124. The van der Waals surface area contributed by atoms with E-state index < -0.39 is 0 Å². The molecule has 5 aliphatic rings. The number of fused-ring (bicyclic) bond motifs is 3. The fraction of sp³-hybridized carbons (Fsp3) is 0.229. The number of rotatable bonds is 5. The molecule has 5 aliphatic carbocycles. The van der Waals surface area contributed by atoms with Crippen LogP contribution in [0.25, 0.3) is 67.5 Å². The Morgan fingerprint density at radius 3 is 1.89 bits per heavy atom. The highest BCUT2D eigenvalue weighted by Crippen LogP contribution is 2.70. The molecule has 0 atom stereocenters. The molecule has 12 rings (SSSR count). The largest absolute Gasteiger partial charge is 0.265 e. The molecule has 0 N–H and O–H groups in total. The molecule has 1 spiro atoms. The van der Waals surface area contributed by atoms with Gasteiger partial charge in [0.05, 0.1) is 0 Å². The van der Waals surface area contributed by atoms with Crippen molar-refractivity contribution in [2.24, 2.45) is 23.7 Å². The lowest BCUT2D eigenvalue weighted by Crippen LogP contribution is -2.55. The van der Waals surface area contributed by atoms with Gasteiger partial charge in [0, 0.05) is 46.9 Å². The third-order valence-corrected chi connectivity index (χ3v) is 12.9. The monoisotopic (exact) mass is 685 g/mol. The molecule has 3 aromatic heterocycles. The second-order valence-electron chi connectivity index (χ2n) is 15.9. The maximum Gasteiger partial charge on any atom is 0.165 e. The molecule has 4 fully saturated rings. The Bertz CT molecular complexity index is 2440. The molecule has 53 heavy (non-hydrogen) atoms. The molecule has 0 aliphatic heterocycles. The summed E-state index contributed by atoms with van der Waals surface area (Å²) in [6.45, 7) is 2.20. The van der Waals surface area contributed by atoms with Gasteiger partial charge in [-0.05, 0) is 155 Å². The van der Waals surface area contributed by atoms with Gasteiger partial charge in [0.2, 0.25) is 0 Å². The number of nitrogens with zero attached hydrogens (tertiary/aromatic N) is 5. The summed E-state index contributed by atoms with van der Waals surface area (Å²) in [5.74, 6) is 4.94. The lowest BCUT2D eigenvalue weighted by Gasteiger charge is -2.61. The molecule has 0 unspecified atom stereocenters. The van der Waals surface area contributed by atoms with E-state index in [1.54, 1.807) is 29.7 Å². The van der Waals surface area contributed by atoms with Gasteiger partial charge < -0.3 is 0 Å². The zero-order valence-corrected chi connectivity index (χ0v) is 29.8. The smallest absolute Gasteiger partial charge is 0.165 e. The average molecular weight is 686 g/mol. The van der Waals surface area contributed by atoms with Gasteiger partial charge in [-0.15, -0.1) is 0 Å². The molecule has 4 aromatic carbocycles. The predicted octanol–water partition coefficient (Wildman–Crippen LogP) is 11.0. The van der Waals surface area contributed by atoms with E-state index in [1.807, 2.05) is 30.5 Å². The molecular formula is C48H39N5. The Balaban J connectivity index is 1.11. The number of hydrogen-bond donors (Lipinski definition) is 0. The van der Waals surface area contributed by atoms with Crippen LogP contribution in [-0.2, 0) is 5.41 Å². The molecule has 3 heterocycles. The average Bonchev–Trinajstić information content (AvgIpc) is 3.50. The fourth-order valence-corrected chi connectivity index (χ4v) is 11.1. The van der Waals surface area contributed by atoms with E-state index in [0.717, 1.165) is 28.5 Å². The molecule has 0 saturated heterocycles. The highest BCUT2D eigenvalue weighted by atomic mass is 15.0. The molecule has 5 heteroatoms. The fourth-order valence-electron chi connectivity index (χ4n) is 11.1. The zero-order valence-electron chi connectivity index (χ0n) is 29.8. The first-order valence-electron chi connectivity index (χ1n) is 19.1. The highest BCUT2D eigenvalue weighted by Gasteiger charge is 2.62. The van der Waals surface area contributed by atoms with E-state index in [4.69, 9.17) is 15.0 Å². The Labute approximate surface area is 310 Å². The SMILES string of the molecule is Cc1cc(-c2nc(-c3ccncc3)nc(-c3cccnc3)n2)cc(-c2cccc3c2C2(c4cc(-c5ccccc5)ccc4-3)C3CC4CC(C3)CC2C4)c1. The third-order valence-electron chi connectivity index (χ3n) is 12.9. The number of pyridine rings is 2. The number of aromatic nitrogens is 5. The molecular weight excluding hydrogens is 647 g/mol. The van der Waals surface area contributed by atoms with Crippen LogP contribution in [0.3, 0.4) is 0 Å². The van der Waals surface area contributed by atoms with E-state index in [2.05, 4.69) is 102 Å². The molecule has 4 bridgehead atoms. The Hall–Kier alpha value is -5.81. The van der Waals surface area contributed by atoms with Crippen molar-refractivity contribution in [1.82, 2.24) is 24.9 Å². The third kappa shape index (κ3) is 4.79. The van der Waals surface area contributed by atoms with Crippen LogP contribution in [-0.4, -0.2) is 24.9 Å². The van der Waals surface area contributed by atoms with Gasteiger partial charge in [-0.1, -0.05) is 66.7 Å². The van der Waals surface area contributed by atoms with Crippen LogP contribution in [0.5, 0.6) is 0 Å². The molecule has 4 saturated carbocycles. The van der Waals surface area contributed by atoms with Crippen LogP contribution in [0.15, 0.2) is 134 Å². The van der Waals surface area contributed by atoms with Crippen molar-refractivity contribution in [3.63, 3.8) is 0 Å². The quantitative estimate of drug-likeness (QED) is 0.180. The molecule has 0 radical (unpaired) electrons. The molecule has 5 nitrogen and oxygen atoms in total. The van der Waals surface area contributed by atoms with Gasteiger partial charge in [-0.3, -0.25) is 9.97 Å². The second-order valence-corrected chi connectivity index (χ2v) is 15.9. The van der Waals surface area contributed by atoms with Gasteiger partial charge in [-0.2, -0.15) is 0 Å². The summed E-state index contributed by atoms with van der Waals surface area (Å²) in [6.07, 6.45) is 14.0. The maximum absolute atomic E-state index is 5.09. The lowest BCUT2D eigenvalue weighted by atomic mass is 9.42. The van der Waals surface area contributed by atoms with Crippen molar-refractivity contribution >= 4 is 0 Å². The molecule has 0 amide bonds. The summed E-state index contributed by atoms with van der Waals surface area (Å²) in [5.41, 5.74) is 15.1. The van der Waals surface area contributed by atoms with E-state index in [0.29, 0.717) is 29.3 Å². The van der Waals surface area contributed by atoms with E-state index >= 15 is 0 Å². The second kappa shape index (κ2) is 11.9. The normalized spacial score (nSPS) is 23.3. The number of hydrogen-bond acceptors (Lipinski definition) is 5. The first-order chi connectivity index (χ1) is 26.1. The van der Waals surface area contributed by atoms with Crippen LogP contribution >= 0.6 is 0 Å². The summed E-state index contributed by atoms with van der Waals surface area (Å²) in [4.78, 5) is 23.7. The van der Waals surface area contributed by atoms with E-state index in [1.165, 1.54) is 71.0 Å². The van der Waals surface area contributed by atoms with Crippen molar-refractivity contribution in [1.29, 1.82) is 0 Å². The van der Waals surface area contributed by atoms with E-state index in [-0.39, 0.29) is 5.41 Å². The van der Waals surface area contributed by atoms with Crippen LogP contribution in [0.2, 0.25) is 0 Å². The minimum atomic E-state index is 0.0124. The van der Waals surface area contributed by atoms with Crippen LogP contribution < -0.4 is 0 Å². The Morgan fingerprint density at radius 1 is 0.472 bits per heavy atom. The minimum Gasteiger partial charge on any atom is -0.265 e. The van der Waals surface area contributed by atoms with Gasteiger partial charge in [0.1, 0.15) is 0 Å². The molecule has 256 valence electrons. The summed E-state index contributed by atoms with van der Waals surface area (Å²) in [7, 11) is 0. The highest BCUT2D eigenvalue weighted by molar-refractivity contribution is 5.91. The topological polar surface area (TPSA) is 64.5 Å². The van der Waals surface area contributed by atoms with Crippen LogP contribution in [0.4, 0.5) is 0 Å². The zero-order chi connectivity index (χ0) is 35.1. The summed E-state index contributed by atoms with van der Waals surface area (Å²) < 4.78 is 0. The first-order valence-corrected chi connectivity index (χ1v) is 19.1. The summed E-state index contributed by atoms with van der Waals surface area (Å²) >= 11 is 0. The van der Waals surface area contributed by atoms with Crippen LogP contribution in [0.1, 0.15) is 48.8 Å². The van der Waals surface area contributed by atoms with Crippen molar-refractivity contribution in [2.45, 2.75) is 44.4 Å². The number of aryl methyl sites for hydroxylation is 1. The first kappa shape index (κ1) is 30.8. The standard InChI is InChI=1S/C48H39N5/c1-29-19-36(26-37(20-29)47-52-45(33-14-17-49-18-15-33)51-46(53-47)35-9-6-16-50-28-35)40-10-5-11-42-41-13-12-34(32-7-3-2-4-8-32)27-43(41)48(44(40)42)38-22-30-21-31(24-38)25-39(48)23-30/h2-20,26-28,30-31,38-39H,21-25H2,1H3. The predicted molar refractivity (Wildman–Crippen MR) is 211 cm³/mol. The van der Waals surface area contributed by atoms with E-state index in [9.17, 15) is 0 Å². The lowest BCUT2D eigenvalue weighted by molar-refractivity contribution is -0.0397. The van der Waals surface area contributed by atoms with Crippen molar-refractivity contribution in [3.8, 4) is 67.5 Å². The van der Waals surface area contributed by atoms with Gasteiger partial charge >= 0.3 is 0 Å². The van der Waals surface area contributed by atoms with Gasteiger partial charge in [-0.25, -0.2) is 15.0 Å². The number of benzene rings is 4. The molecule has 7 aromatic rings. The Morgan fingerprint density at radius 2 is 1.15 bits per heavy atom. The van der Waals surface area contributed by atoms with Crippen molar-refractivity contribution in [3.05, 3.63) is 151 Å². The van der Waals surface area contributed by atoms with Gasteiger partial charge in [0.25, 0.3) is 0 Å². The van der Waals surface area contributed by atoms with Gasteiger partial charge in [0.15, 0.2) is 17.5 Å². The summed E-state index contributed by atoms with van der Waals surface area (Å²) in [5, 5.41) is 0. The van der Waals surface area contributed by atoms with Crippen LogP contribution in [0, 0.1) is 30.6 Å². The van der Waals surface area contributed by atoms with Crippen molar-refractivity contribution < 1.29 is 0 Å². The maximum atomic E-state index is 5.09.